The number of pyridine rings is 1. The number of ether oxygens (including phenoxy) is 1. The highest BCUT2D eigenvalue weighted by Crippen LogP contribution is 2.27. The van der Waals surface area contributed by atoms with Gasteiger partial charge in [-0.25, -0.2) is 4.98 Å². The number of nitrogens with zero attached hydrogens (tertiary/aromatic N) is 2. The van der Waals surface area contributed by atoms with Crippen LogP contribution in [0, 0.1) is 22.5 Å². The van der Waals surface area contributed by atoms with E-state index >= 15 is 0 Å². The molecule has 1 fully saturated rings. The Morgan fingerprint density at radius 1 is 1.67 bits per heavy atom. The van der Waals surface area contributed by atoms with Crippen LogP contribution in [0.4, 0.5) is 11.5 Å². The third-order valence-electron chi connectivity index (χ3n) is 3.08. The highest BCUT2D eigenvalue weighted by molar-refractivity contribution is 5.46. The number of anilines is 1. The second kappa shape index (κ2) is 4.87. The Balaban J connectivity index is 2.02. The Bertz CT molecular complexity index is 454. The van der Waals surface area contributed by atoms with E-state index in [4.69, 9.17) is 4.74 Å². The van der Waals surface area contributed by atoms with E-state index in [1.54, 1.807) is 13.0 Å². The van der Waals surface area contributed by atoms with Crippen LogP contribution < -0.4 is 5.32 Å². The summed E-state index contributed by atoms with van der Waals surface area (Å²) in [4.78, 5) is 14.2. The summed E-state index contributed by atoms with van der Waals surface area (Å²) < 4.78 is 5.08. The predicted molar refractivity (Wildman–Crippen MR) is 64.5 cm³/mol. The topological polar surface area (TPSA) is 97.5 Å². The van der Waals surface area contributed by atoms with Crippen LogP contribution in [0.1, 0.15) is 5.56 Å². The first-order valence-electron chi connectivity index (χ1n) is 5.60. The molecule has 0 aromatic carbocycles. The molecule has 7 nitrogen and oxygen atoms in total. The van der Waals surface area contributed by atoms with Gasteiger partial charge in [0.25, 0.3) is 5.69 Å². The van der Waals surface area contributed by atoms with Gasteiger partial charge in [-0.2, -0.15) is 0 Å². The molecule has 1 aliphatic rings. The molecular weight excluding hydrogens is 238 g/mol. The highest BCUT2D eigenvalue weighted by Gasteiger charge is 2.37. The van der Waals surface area contributed by atoms with E-state index in [0.717, 1.165) is 0 Å². The molecule has 18 heavy (non-hydrogen) atoms. The molecule has 1 aliphatic heterocycles. The van der Waals surface area contributed by atoms with E-state index in [-0.39, 0.29) is 17.7 Å². The molecule has 0 radical (unpaired) electrons. The summed E-state index contributed by atoms with van der Waals surface area (Å²) in [5, 5.41) is 23.0. The maximum absolute atomic E-state index is 10.6. The highest BCUT2D eigenvalue weighted by atomic mass is 16.6. The van der Waals surface area contributed by atoms with Crippen LogP contribution >= 0.6 is 0 Å². The van der Waals surface area contributed by atoms with Crippen molar-refractivity contribution in [3.05, 3.63) is 27.9 Å². The summed E-state index contributed by atoms with van der Waals surface area (Å²) in [6, 6.07) is 1.63. The first kappa shape index (κ1) is 12.7. The summed E-state index contributed by atoms with van der Waals surface area (Å²) in [5.74, 6) is 0.567. The molecule has 98 valence electrons. The third kappa shape index (κ3) is 2.41. The Hall–Kier alpha value is -1.73. The van der Waals surface area contributed by atoms with Gasteiger partial charge in [0.05, 0.1) is 30.2 Å². The second-order valence-corrected chi connectivity index (χ2v) is 4.62. The number of nitrogens with one attached hydrogen (secondary N) is 1. The van der Waals surface area contributed by atoms with Crippen LogP contribution in [0.5, 0.6) is 0 Å². The minimum atomic E-state index is -0.457. The smallest absolute Gasteiger partial charge is 0.290 e. The maximum atomic E-state index is 10.6. The molecule has 0 aliphatic carbocycles. The number of rotatable bonds is 5. The fourth-order valence-corrected chi connectivity index (χ4v) is 1.75. The zero-order chi connectivity index (χ0) is 13.2. The van der Waals surface area contributed by atoms with E-state index in [1.165, 1.54) is 6.20 Å². The van der Waals surface area contributed by atoms with Gasteiger partial charge < -0.3 is 15.2 Å². The summed E-state index contributed by atoms with van der Waals surface area (Å²) in [7, 11) is 0. The molecule has 0 bridgehead atoms. The minimum Gasteiger partial charge on any atom is -0.396 e. The zero-order valence-corrected chi connectivity index (χ0v) is 10.0. The van der Waals surface area contributed by atoms with Gasteiger partial charge in [0.15, 0.2) is 0 Å². The van der Waals surface area contributed by atoms with Gasteiger partial charge in [-0.1, -0.05) is 0 Å². The molecule has 1 aromatic heterocycles. The van der Waals surface area contributed by atoms with Crippen LogP contribution in [0.2, 0.25) is 0 Å². The Morgan fingerprint density at radius 3 is 2.83 bits per heavy atom. The Labute approximate surface area is 104 Å². The normalized spacial score (nSPS) is 17.0. The number of aliphatic hydroxyl groups is 1. The molecule has 0 amide bonds. The van der Waals surface area contributed by atoms with Crippen molar-refractivity contribution >= 4 is 11.5 Å². The van der Waals surface area contributed by atoms with E-state index in [9.17, 15) is 15.2 Å². The lowest BCUT2D eigenvalue weighted by atomic mass is 9.87. The monoisotopic (exact) mass is 253 g/mol. The molecule has 2 rings (SSSR count). The zero-order valence-electron chi connectivity index (χ0n) is 10.0. The molecular formula is C11H15N3O4. The van der Waals surface area contributed by atoms with E-state index < -0.39 is 4.92 Å². The van der Waals surface area contributed by atoms with Gasteiger partial charge in [0.1, 0.15) is 12.0 Å². The lowest BCUT2D eigenvalue weighted by Gasteiger charge is -2.39. The number of nitro groups is 1. The second-order valence-electron chi connectivity index (χ2n) is 4.62. The summed E-state index contributed by atoms with van der Waals surface area (Å²) >= 11 is 0. The largest absolute Gasteiger partial charge is 0.396 e. The van der Waals surface area contributed by atoms with Crippen LogP contribution in [-0.2, 0) is 4.74 Å². The van der Waals surface area contributed by atoms with Crippen molar-refractivity contribution in [3.8, 4) is 0 Å². The fraction of sp³-hybridized carbons (Fsp3) is 0.545. The van der Waals surface area contributed by atoms with E-state index in [0.29, 0.717) is 31.1 Å². The van der Waals surface area contributed by atoms with Crippen molar-refractivity contribution in [1.29, 1.82) is 0 Å². The predicted octanol–water partition coefficient (Wildman–Crippen LogP) is 0.719. The summed E-state index contributed by atoms with van der Waals surface area (Å²) in [5.41, 5.74) is 0.307. The first-order chi connectivity index (χ1) is 8.56. The van der Waals surface area contributed by atoms with Gasteiger partial charge in [0, 0.05) is 12.1 Å². The maximum Gasteiger partial charge on any atom is 0.290 e. The van der Waals surface area contributed by atoms with Gasteiger partial charge in [-0.05, 0) is 13.0 Å². The van der Waals surface area contributed by atoms with Crippen molar-refractivity contribution in [2.75, 3.05) is 31.7 Å². The van der Waals surface area contributed by atoms with Crippen LogP contribution in [0.15, 0.2) is 12.3 Å². The number of hydrogen-bond donors (Lipinski definition) is 2. The number of hydrogen-bond acceptors (Lipinski definition) is 6. The van der Waals surface area contributed by atoms with Crippen molar-refractivity contribution in [2.24, 2.45) is 5.41 Å². The average molecular weight is 253 g/mol. The van der Waals surface area contributed by atoms with Crippen LogP contribution in [-0.4, -0.2) is 41.4 Å². The standard InChI is InChI=1S/C11H15N3O4/c1-8-2-10(12-3-9(8)14(16)17)13-4-11(5-15)6-18-7-11/h2-3,15H,4-7H2,1H3,(H,12,13). The molecule has 0 unspecified atom stereocenters. The first-order valence-corrected chi connectivity index (χ1v) is 5.60. The number of aliphatic hydroxyl groups excluding tert-OH is 1. The lowest BCUT2D eigenvalue weighted by molar-refractivity contribution is -0.385. The van der Waals surface area contributed by atoms with Crippen LogP contribution in [0.25, 0.3) is 0 Å². The summed E-state index contributed by atoms with van der Waals surface area (Å²) in [6.07, 6.45) is 1.24. The molecule has 0 spiro atoms. The molecule has 2 N–H and O–H groups in total. The SMILES string of the molecule is Cc1cc(NCC2(CO)COC2)ncc1[N+](=O)[O-]. The number of aromatic nitrogens is 1. The molecule has 0 saturated carbocycles. The summed E-state index contributed by atoms with van der Waals surface area (Å²) in [6.45, 7) is 3.28. The van der Waals surface area contributed by atoms with Gasteiger partial charge in [-0.15, -0.1) is 0 Å². The van der Waals surface area contributed by atoms with Gasteiger partial charge in [-0.3, -0.25) is 10.1 Å². The van der Waals surface area contributed by atoms with Crippen LogP contribution in [0.3, 0.4) is 0 Å². The average Bonchev–Trinajstić information content (AvgIpc) is 2.27. The minimum absolute atomic E-state index is 0.00407. The van der Waals surface area contributed by atoms with E-state index in [1.807, 2.05) is 0 Å². The Morgan fingerprint density at radius 2 is 2.39 bits per heavy atom. The van der Waals surface area contributed by atoms with Gasteiger partial charge >= 0.3 is 0 Å². The van der Waals surface area contributed by atoms with E-state index in [2.05, 4.69) is 10.3 Å². The van der Waals surface area contributed by atoms with Gasteiger partial charge in [0.2, 0.25) is 0 Å². The Kier molecular flexibility index (Phi) is 3.44. The third-order valence-corrected chi connectivity index (χ3v) is 3.08. The quantitative estimate of drug-likeness (QED) is 0.592. The molecule has 2 heterocycles. The fourth-order valence-electron chi connectivity index (χ4n) is 1.75. The van der Waals surface area contributed by atoms with Crippen molar-refractivity contribution in [1.82, 2.24) is 4.98 Å². The molecule has 7 heteroatoms. The van der Waals surface area contributed by atoms with Crippen molar-refractivity contribution < 1.29 is 14.8 Å². The van der Waals surface area contributed by atoms with Crippen molar-refractivity contribution in [3.63, 3.8) is 0 Å². The van der Waals surface area contributed by atoms with Crippen molar-refractivity contribution in [2.45, 2.75) is 6.92 Å². The number of aryl methyl sites for hydroxylation is 1. The molecule has 1 aromatic rings. The lowest BCUT2D eigenvalue weighted by Crippen LogP contribution is -2.50. The molecule has 1 saturated heterocycles. The molecule has 0 atom stereocenters.